The van der Waals surface area contributed by atoms with Crippen LogP contribution in [-0.4, -0.2) is 66.5 Å². The zero-order valence-electron chi connectivity index (χ0n) is 18.4. The van der Waals surface area contributed by atoms with Crippen LogP contribution in [0.25, 0.3) is 10.9 Å². The van der Waals surface area contributed by atoms with Crippen LogP contribution in [0.4, 0.5) is 15.9 Å². The molecule has 0 spiro atoms. The van der Waals surface area contributed by atoms with Gasteiger partial charge in [-0.1, -0.05) is 17.7 Å². The number of nitrogens with one attached hydrogen (secondary N) is 1. The molecule has 0 unspecified atom stereocenters. The minimum atomic E-state index is -0.567. The number of ether oxygens (including phenoxy) is 1. The van der Waals surface area contributed by atoms with Gasteiger partial charge in [0.15, 0.2) is 5.82 Å². The molecule has 0 fully saturated rings. The van der Waals surface area contributed by atoms with Gasteiger partial charge in [-0.25, -0.2) is 14.4 Å². The highest BCUT2D eigenvalue weighted by Gasteiger charge is 2.23. The van der Waals surface area contributed by atoms with Crippen molar-refractivity contribution in [2.75, 3.05) is 40.1 Å². The number of hydrogen-bond acceptors (Lipinski definition) is 7. The molecule has 1 amide bonds. The van der Waals surface area contributed by atoms with Gasteiger partial charge in [0.2, 0.25) is 5.91 Å². The first kappa shape index (κ1) is 23.6. The Kier molecular flexibility index (Phi) is 7.44. The minimum absolute atomic E-state index is 0.00994. The first-order chi connectivity index (χ1) is 15.2. The molecule has 0 aliphatic heterocycles. The Labute approximate surface area is 191 Å². The van der Waals surface area contributed by atoms with E-state index in [4.69, 9.17) is 22.1 Å². The summed E-state index contributed by atoms with van der Waals surface area (Å²) >= 11 is 5.90. The van der Waals surface area contributed by atoms with Crippen molar-refractivity contribution in [2.45, 2.75) is 12.6 Å². The summed E-state index contributed by atoms with van der Waals surface area (Å²) < 4.78 is 20.0. The zero-order valence-corrected chi connectivity index (χ0v) is 19.2. The van der Waals surface area contributed by atoms with Gasteiger partial charge in [0.1, 0.15) is 23.9 Å². The van der Waals surface area contributed by atoms with E-state index in [-0.39, 0.29) is 10.7 Å². The highest BCUT2D eigenvalue weighted by Crippen LogP contribution is 2.32. The fraction of sp³-hybridized carbons (Fsp3) is 0.318. The van der Waals surface area contributed by atoms with Crippen molar-refractivity contribution < 1.29 is 13.9 Å². The lowest BCUT2D eigenvalue weighted by Crippen LogP contribution is -2.48. The number of anilines is 2. The number of rotatable bonds is 9. The van der Waals surface area contributed by atoms with E-state index in [0.29, 0.717) is 35.6 Å². The average Bonchev–Trinajstić information content (AvgIpc) is 2.74. The van der Waals surface area contributed by atoms with Gasteiger partial charge in [-0.3, -0.25) is 9.69 Å². The van der Waals surface area contributed by atoms with E-state index in [9.17, 15) is 9.18 Å². The Morgan fingerprint density at radius 3 is 2.69 bits per heavy atom. The molecule has 3 aromatic rings. The van der Waals surface area contributed by atoms with Crippen LogP contribution in [0, 0.1) is 5.82 Å². The van der Waals surface area contributed by atoms with Gasteiger partial charge >= 0.3 is 0 Å². The van der Waals surface area contributed by atoms with Gasteiger partial charge in [0.25, 0.3) is 0 Å². The van der Waals surface area contributed by atoms with E-state index >= 15 is 0 Å². The second kappa shape index (κ2) is 10.1. The first-order valence-corrected chi connectivity index (χ1v) is 10.3. The van der Waals surface area contributed by atoms with Crippen molar-refractivity contribution in [3.05, 3.63) is 53.1 Å². The molecule has 170 valence electrons. The standard InChI is InChI=1S/C22H26ClFN6O2/c1-29(2)11-18(21(25)31)30(3)10-13-8-14-17(9-19(13)32-4)26-12-27-22(14)28-16-7-5-6-15(23)20(16)24/h5-9,12,18H,10-11H2,1-4H3,(H2,25,31)(H,26,27,28)/t18-/m0/s1. The molecule has 1 heterocycles. The van der Waals surface area contributed by atoms with Gasteiger partial charge in [-0.05, 0) is 39.3 Å². The van der Waals surface area contributed by atoms with E-state index < -0.39 is 17.8 Å². The van der Waals surface area contributed by atoms with Crippen molar-refractivity contribution in [1.82, 2.24) is 19.8 Å². The zero-order chi connectivity index (χ0) is 23.4. The van der Waals surface area contributed by atoms with E-state index in [1.54, 1.807) is 25.3 Å². The summed E-state index contributed by atoms with van der Waals surface area (Å²) in [4.78, 5) is 24.4. The summed E-state index contributed by atoms with van der Waals surface area (Å²) in [5.41, 5.74) is 7.24. The number of nitrogens with two attached hydrogens (primary N) is 1. The molecule has 0 saturated heterocycles. The molecule has 10 heteroatoms. The van der Waals surface area contributed by atoms with Crippen molar-refractivity contribution in [3.63, 3.8) is 0 Å². The molecule has 8 nitrogen and oxygen atoms in total. The molecule has 1 atom stereocenters. The molecule has 0 aliphatic rings. The Bertz CT molecular complexity index is 1130. The number of likely N-dealkylation sites (N-methyl/N-ethyl adjacent to an activating group) is 2. The van der Waals surface area contributed by atoms with Crippen LogP contribution in [0.15, 0.2) is 36.7 Å². The molecule has 32 heavy (non-hydrogen) atoms. The van der Waals surface area contributed by atoms with Crippen LogP contribution in [0.5, 0.6) is 5.75 Å². The quantitative estimate of drug-likeness (QED) is 0.506. The number of benzene rings is 2. The van der Waals surface area contributed by atoms with Crippen LogP contribution in [0.1, 0.15) is 5.56 Å². The lowest BCUT2D eigenvalue weighted by Gasteiger charge is -2.28. The van der Waals surface area contributed by atoms with E-state index in [1.165, 1.54) is 12.4 Å². The predicted molar refractivity (Wildman–Crippen MR) is 124 cm³/mol. The number of hydrogen-bond donors (Lipinski definition) is 2. The number of aromatic nitrogens is 2. The van der Waals surface area contributed by atoms with Crippen LogP contribution in [0.3, 0.4) is 0 Å². The van der Waals surface area contributed by atoms with E-state index in [1.807, 2.05) is 37.0 Å². The third-order valence-corrected chi connectivity index (χ3v) is 5.35. The minimum Gasteiger partial charge on any atom is -0.496 e. The molecular formula is C22H26ClFN6O2. The number of primary amides is 1. The topological polar surface area (TPSA) is 96.6 Å². The maximum Gasteiger partial charge on any atom is 0.236 e. The molecule has 0 saturated carbocycles. The Morgan fingerprint density at radius 1 is 1.28 bits per heavy atom. The summed E-state index contributed by atoms with van der Waals surface area (Å²) in [6.07, 6.45) is 1.39. The lowest BCUT2D eigenvalue weighted by atomic mass is 10.1. The third-order valence-electron chi connectivity index (χ3n) is 5.06. The number of fused-ring (bicyclic) bond motifs is 1. The summed E-state index contributed by atoms with van der Waals surface area (Å²) in [7, 11) is 7.15. The van der Waals surface area contributed by atoms with Crippen LogP contribution < -0.4 is 15.8 Å². The number of carbonyl (C=O) groups is 1. The lowest BCUT2D eigenvalue weighted by molar-refractivity contribution is -0.123. The maximum atomic E-state index is 14.4. The van der Waals surface area contributed by atoms with E-state index in [0.717, 1.165) is 5.56 Å². The molecule has 3 N–H and O–H groups in total. The summed E-state index contributed by atoms with van der Waals surface area (Å²) in [5, 5.41) is 3.67. The summed E-state index contributed by atoms with van der Waals surface area (Å²) in [6.45, 7) is 0.867. The number of methoxy groups -OCH3 is 1. The Morgan fingerprint density at radius 2 is 2.03 bits per heavy atom. The number of halogens is 2. The largest absolute Gasteiger partial charge is 0.496 e. The first-order valence-electron chi connectivity index (χ1n) is 9.88. The van der Waals surface area contributed by atoms with Gasteiger partial charge in [-0.15, -0.1) is 0 Å². The third kappa shape index (κ3) is 5.24. The average molecular weight is 461 g/mol. The maximum absolute atomic E-state index is 14.4. The van der Waals surface area contributed by atoms with Crippen molar-refractivity contribution in [2.24, 2.45) is 5.73 Å². The molecule has 2 aromatic carbocycles. The van der Waals surface area contributed by atoms with Crippen molar-refractivity contribution >= 4 is 39.9 Å². The number of nitrogens with zero attached hydrogens (tertiary/aromatic N) is 4. The monoisotopic (exact) mass is 460 g/mol. The molecule has 3 rings (SSSR count). The normalized spacial score (nSPS) is 12.4. The molecule has 0 bridgehead atoms. The van der Waals surface area contributed by atoms with Gasteiger partial charge in [-0.2, -0.15) is 0 Å². The number of carbonyl (C=O) groups excluding carboxylic acids is 1. The second-order valence-corrected chi connectivity index (χ2v) is 8.13. The second-order valence-electron chi connectivity index (χ2n) is 7.73. The summed E-state index contributed by atoms with van der Waals surface area (Å²) in [6, 6.07) is 7.85. The fourth-order valence-electron chi connectivity index (χ4n) is 3.44. The van der Waals surface area contributed by atoms with Crippen LogP contribution in [-0.2, 0) is 11.3 Å². The molecule has 1 aromatic heterocycles. The SMILES string of the molecule is COc1cc2ncnc(Nc3cccc(Cl)c3F)c2cc1CN(C)[C@@H](CN(C)C)C(N)=O. The van der Waals surface area contributed by atoms with Crippen LogP contribution in [0.2, 0.25) is 5.02 Å². The van der Waals surface area contributed by atoms with Gasteiger partial charge in [0, 0.05) is 30.1 Å². The highest BCUT2D eigenvalue weighted by atomic mass is 35.5. The van der Waals surface area contributed by atoms with Crippen molar-refractivity contribution in [3.8, 4) is 5.75 Å². The fourth-order valence-corrected chi connectivity index (χ4v) is 3.62. The Hall–Kier alpha value is -3.01. The molecular weight excluding hydrogens is 435 g/mol. The Balaban J connectivity index is 2.01. The number of amides is 1. The smallest absolute Gasteiger partial charge is 0.236 e. The predicted octanol–water partition coefficient (Wildman–Crippen LogP) is 3.02. The van der Waals surface area contributed by atoms with Gasteiger partial charge < -0.3 is 20.7 Å². The molecule has 0 radical (unpaired) electrons. The van der Waals surface area contributed by atoms with Crippen LogP contribution >= 0.6 is 11.6 Å². The summed E-state index contributed by atoms with van der Waals surface area (Å²) in [5.74, 6) is 0.0453. The van der Waals surface area contributed by atoms with Crippen molar-refractivity contribution in [1.29, 1.82) is 0 Å². The highest BCUT2D eigenvalue weighted by molar-refractivity contribution is 6.31. The van der Waals surface area contributed by atoms with Gasteiger partial charge in [0.05, 0.1) is 23.3 Å². The molecule has 0 aliphatic carbocycles. The van der Waals surface area contributed by atoms with E-state index in [2.05, 4.69) is 15.3 Å².